The summed E-state index contributed by atoms with van der Waals surface area (Å²) in [6.45, 7) is 8.35. The van der Waals surface area contributed by atoms with Gasteiger partial charge in [-0.1, -0.05) is 84.4 Å². The van der Waals surface area contributed by atoms with E-state index in [0.29, 0.717) is 5.56 Å². The zero-order chi connectivity index (χ0) is 28.3. The van der Waals surface area contributed by atoms with Crippen LogP contribution >= 0.6 is 0 Å². The Kier molecular flexibility index (Phi) is 22.8. The first-order chi connectivity index (χ1) is 17.5. The molecule has 0 aliphatic heterocycles. The Balaban J connectivity index is -0.000000992. The number of unbranched alkanes of at least 4 members (excludes halogenated alkanes) is 2. The van der Waals surface area contributed by atoms with E-state index in [1.54, 1.807) is 30.3 Å². The Morgan fingerprint density at radius 1 is 0.868 bits per heavy atom. The Hall–Kier alpha value is -1.46. The number of carbonyl (C=O) groups excluding carboxylic acids is 2. The van der Waals surface area contributed by atoms with E-state index in [-0.39, 0.29) is 56.0 Å². The van der Waals surface area contributed by atoms with Crippen molar-refractivity contribution in [2.45, 2.75) is 90.7 Å². The SMILES string of the molecule is CCCCC(CC)COC(=O)CC(C(=O)OCC(CC)CCCC)S(=O)(=O)O.O=C(O)c1ccccc1.[H-].[Na+]. The first-order valence-electron chi connectivity index (χ1n) is 13.1. The number of benzene rings is 1. The average Bonchev–Trinajstić information content (AvgIpc) is 2.87. The summed E-state index contributed by atoms with van der Waals surface area (Å²) in [5.74, 6) is -2.48. The molecule has 2 N–H and O–H groups in total. The van der Waals surface area contributed by atoms with Crippen molar-refractivity contribution in [3.05, 3.63) is 35.9 Å². The second-order valence-electron chi connectivity index (χ2n) is 9.02. The van der Waals surface area contributed by atoms with Gasteiger partial charge in [0.1, 0.15) is 0 Å². The molecule has 0 aromatic heterocycles. The first-order valence-corrected chi connectivity index (χ1v) is 14.6. The van der Waals surface area contributed by atoms with Crippen LogP contribution in [-0.2, 0) is 29.2 Å². The maximum atomic E-state index is 12.2. The summed E-state index contributed by atoms with van der Waals surface area (Å²) >= 11 is 0. The van der Waals surface area contributed by atoms with Crippen LogP contribution in [0.25, 0.3) is 0 Å². The molecule has 1 aromatic rings. The van der Waals surface area contributed by atoms with Crippen molar-refractivity contribution in [1.82, 2.24) is 0 Å². The third-order valence-corrected chi connectivity index (χ3v) is 7.10. The van der Waals surface area contributed by atoms with Crippen molar-refractivity contribution in [1.29, 1.82) is 0 Å². The third kappa shape index (κ3) is 17.9. The fourth-order valence-electron chi connectivity index (χ4n) is 3.40. The molecule has 38 heavy (non-hydrogen) atoms. The summed E-state index contributed by atoms with van der Waals surface area (Å²) in [5, 5.41) is 6.44. The quantitative estimate of drug-likeness (QED) is 0.165. The van der Waals surface area contributed by atoms with Gasteiger partial charge in [0.15, 0.2) is 5.25 Å². The molecule has 3 atom stereocenters. The third-order valence-electron chi connectivity index (χ3n) is 6.02. The number of hydrogen-bond acceptors (Lipinski definition) is 7. The van der Waals surface area contributed by atoms with Gasteiger partial charge in [-0.2, -0.15) is 8.42 Å². The maximum Gasteiger partial charge on any atom is 1.00 e. The fraction of sp³-hybridized carbons (Fsp3) is 0.667. The molecule has 0 heterocycles. The predicted octanol–water partition coefficient (Wildman–Crippen LogP) is 2.65. The molecule has 214 valence electrons. The molecular weight excluding hydrogens is 523 g/mol. The molecule has 1 rings (SSSR count). The minimum absolute atomic E-state index is 0. The van der Waals surface area contributed by atoms with Crippen LogP contribution in [0.2, 0.25) is 0 Å². The molecule has 3 unspecified atom stereocenters. The molecule has 0 aliphatic carbocycles. The van der Waals surface area contributed by atoms with Crippen LogP contribution in [0.3, 0.4) is 0 Å². The summed E-state index contributed by atoms with van der Waals surface area (Å²) in [4.78, 5) is 34.4. The summed E-state index contributed by atoms with van der Waals surface area (Å²) < 4.78 is 42.8. The molecule has 0 fully saturated rings. The van der Waals surface area contributed by atoms with Crippen molar-refractivity contribution in [2.24, 2.45) is 11.8 Å². The molecule has 9 nitrogen and oxygen atoms in total. The van der Waals surface area contributed by atoms with Crippen LogP contribution in [0.1, 0.15) is 97.3 Å². The number of aromatic carboxylic acids is 1. The van der Waals surface area contributed by atoms with Crippen LogP contribution in [0.15, 0.2) is 30.3 Å². The maximum absolute atomic E-state index is 12.2. The van der Waals surface area contributed by atoms with E-state index in [1.807, 2.05) is 13.8 Å². The molecule has 0 aliphatic rings. The second-order valence-corrected chi connectivity index (χ2v) is 10.6. The monoisotopic (exact) mass is 568 g/mol. The second kappa shape index (κ2) is 22.4. The van der Waals surface area contributed by atoms with Crippen LogP contribution in [-0.4, -0.2) is 54.4 Å². The van der Waals surface area contributed by atoms with E-state index < -0.39 is 39.7 Å². The molecule has 1 aromatic carbocycles. The van der Waals surface area contributed by atoms with Gasteiger partial charge in [0.2, 0.25) is 0 Å². The number of carboxylic acids is 1. The Morgan fingerprint density at radius 2 is 1.34 bits per heavy atom. The molecular formula is C27H45NaO9S. The van der Waals surface area contributed by atoms with Crippen molar-refractivity contribution >= 4 is 28.0 Å². The van der Waals surface area contributed by atoms with Gasteiger partial charge in [-0.3, -0.25) is 14.1 Å². The summed E-state index contributed by atoms with van der Waals surface area (Å²) in [6, 6.07) is 8.30. The van der Waals surface area contributed by atoms with Crippen LogP contribution in [0.4, 0.5) is 0 Å². The Labute approximate surface area is 251 Å². The zero-order valence-corrected chi connectivity index (χ0v) is 26.4. The van der Waals surface area contributed by atoms with Gasteiger partial charge in [-0.15, -0.1) is 0 Å². The smallest absolute Gasteiger partial charge is 1.00 e. The number of carbonyl (C=O) groups is 3. The molecule has 0 spiro atoms. The summed E-state index contributed by atoms with van der Waals surface area (Å²) in [5.41, 5.74) is 0.331. The van der Waals surface area contributed by atoms with E-state index in [9.17, 15) is 27.4 Å². The van der Waals surface area contributed by atoms with Crippen LogP contribution in [0.5, 0.6) is 0 Å². The molecule has 0 amide bonds. The van der Waals surface area contributed by atoms with E-state index in [2.05, 4.69) is 13.8 Å². The normalized spacial score (nSPS) is 13.1. The average molecular weight is 569 g/mol. The van der Waals surface area contributed by atoms with Crippen molar-refractivity contribution in [3.63, 3.8) is 0 Å². The van der Waals surface area contributed by atoms with Gasteiger partial charge in [0.25, 0.3) is 10.1 Å². The largest absolute Gasteiger partial charge is 1.00 e. The van der Waals surface area contributed by atoms with E-state index in [1.165, 1.54) is 0 Å². The van der Waals surface area contributed by atoms with Gasteiger partial charge in [0.05, 0.1) is 25.2 Å². The van der Waals surface area contributed by atoms with Crippen molar-refractivity contribution in [2.75, 3.05) is 13.2 Å². The van der Waals surface area contributed by atoms with E-state index in [4.69, 9.17) is 14.6 Å². The molecule has 0 radical (unpaired) electrons. The minimum Gasteiger partial charge on any atom is -1.00 e. The van der Waals surface area contributed by atoms with Gasteiger partial charge in [-0.05, 0) is 36.8 Å². The Morgan fingerprint density at radius 3 is 1.71 bits per heavy atom. The standard InChI is InChI=1S/C20H38O7S.C7H6O2.Na.H/c1-5-9-11-16(7-3)14-26-19(21)13-18(28(23,24)25)20(22)27-15-17(8-4)12-10-6-2;8-7(9)6-4-2-1-3-5-6;;/h16-18H,5-15H2,1-4H3,(H,23,24,25);1-5H,(H,8,9);;/q;;+1;-1. The van der Waals surface area contributed by atoms with E-state index in [0.717, 1.165) is 51.4 Å². The topological polar surface area (TPSA) is 144 Å². The number of hydrogen-bond donors (Lipinski definition) is 2. The minimum atomic E-state index is -4.76. The number of rotatable bonds is 17. The van der Waals surface area contributed by atoms with Crippen molar-refractivity contribution in [3.8, 4) is 0 Å². The fourth-order valence-corrected chi connectivity index (χ4v) is 4.06. The van der Waals surface area contributed by atoms with Crippen LogP contribution < -0.4 is 29.6 Å². The van der Waals surface area contributed by atoms with Crippen molar-refractivity contribution < 1.29 is 72.9 Å². The zero-order valence-electron chi connectivity index (χ0n) is 24.6. The molecule has 11 heteroatoms. The number of ether oxygens (including phenoxy) is 2. The number of carboxylic acid groups (broad SMARTS) is 1. The van der Waals surface area contributed by atoms with Crippen LogP contribution in [0, 0.1) is 11.8 Å². The van der Waals surface area contributed by atoms with E-state index >= 15 is 0 Å². The summed E-state index contributed by atoms with van der Waals surface area (Å²) in [7, 11) is -4.76. The van der Waals surface area contributed by atoms with Gasteiger partial charge in [-0.25, -0.2) is 4.79 Å². The first kappa shape index (κ1) is 38.7. The van der Waals surface area contributed by atoms with Gasteiger partial charge >= 0.3 is 47.5 Å². The molecule has 0 bridgehead atoms. The van der Waals surface area contributed by atoms with Gasteiger partial charge < -0.3 is 16.0 Å². The Bertz CT molecular complexity index is 898. The molecule has 0 saturated heterocycles. The summed E-state index contributed by atoms with van der Waals surface area (Å²) in [6.07, 6.45) is 6.74. The van der Waals surface area contributed by atoms with Gasteiger partial charge in [0, 0.05) is 0 Å². The predicted molar refractivity (Wildman–Crippen MR) is 143 cm³/mol. The molecule has 0 saturated carbocycles. The number of esters is 2.